The highest BCUT2D eigenvalue weighted by atomic mass is 16.5. The van der Waals surface area contributed by atoms with Gasteiger partial charge in [-0.15, -0.1) is 0 Å². The van der Waals surface area contributed by atoms with E-state index in [-0.39, 0.29) is 0 Å². The van der Waals surface area contributed by atoms with E-state index in [9.17, 15) is 0 Å². The van der Waals surface area contributed by atoms with Gasteiger partial charge >= 0.3 is 0 Å². The summed E-state index contributed by atoms with van der Waals surface area (Å²) >= 11 is 0. The average Bonchev–Trinajstić information content (AvgIpc) is 3.36. The molecule has 1 heteroatoms. The quantitative estimate of drug-likeness (QED) is 0.213. The molecule has 25 heavy (non-hydrogen) atoms. The van der Waals surface area contributed by atoms with E-state index in [0.29, 0.717) is 0 Å². The zero-order valence-corrected chi connectivity index (χ0v) is 17.9. The number of hydrogen-bond donors (Lipinski definition) is 0. The lowest BCUT2D eigenvalue weighted by Crippen LogP contribution is -1.96. The van der Waals surface area contributed by atoms with Gasteiger partial charge in [-0.05, 0) is 37.0 Å². The predicted molar refractivity (Wildman–Crippen MR) is 112 cm³/mol. The third kappa shape index (κ3) is 13.8. The Morgan fingerprint density at radius 1 is 0.680 bits per heavy atom. The van der Waals surface area contributed by atoms with Crippen LogP contribution in [0.15, 0.2) is 0 Å². The van der Waals surface area contributed by atoms with Crippen molar-refractivity contribution < 1.29 is 4.74 Å². The fourth-order valence-corrected chi connectivity index (χ4v) is 4.10. The summed E-state index contributed by atoms with van der Waals surface area (Å²) in [5.74, 6) is 3.17. The van der Waals surface area contributed by atoms with Crippen molar-refractivity contribution in [3.63, 3.8) is 0 Å². The van der Waals surface area contributed by atoms with E-state index >= 15 is 0 Å². The summed E-state index contributed by atoms with van der Waals surface area (Å²) in [4.78, 5) is 0. The number of unbranched alkanes of at least 4 members (excludes halogenated alkanes) is 7. The first-order valence-corrected chi connectivity index (χ1v) is 11.9. The second-order valence-electron chi connectivity index (χ2n) is 8.81. The molecule has 0 heterocycles. The predicted octanol–water partition coefficient (Wildman–Crippen LogP) is 8.17. The van der Waals surface area contributed by atoms with Gasteiger partial charge in [0.25, 0.3) is 0 Å². The normalized spacial score (nSPS) is 20.8. The molecule has 3 atom stereocenters. The van der Waals surface area contributed by atoms with Crippen molar-refractivity contribution in [1.29, 1.82) is 0 Å². The molecule has 0 amide bonds. The molecule has 0 aromatic rings. The Morgan fingerprint density at radius 2 is 1.24 bits per heavy atom. The molecule has 0 aliphatic heterocycles. The zero-order valence-electron chi connectivity index (χ0n) is 17.9. The van der Waals surface area contributed by atoms with Crippen molar-refractivity contribution in [3.8, 4) is 0 Å². The van der Waals surface area contributed by atoms with E-state index in [0.717, 1.165) is 31.0 Å². The second kappa shape index (κ2) is 16.2. The van der Waals surface area contributed by atoms with Crippen molar-refractivity contribution >= 4 is 0 Å². The van der Waals surface area contributed by atoms with Crippen LogP contribution >= 0.6 is 0 Å². The maximum absolute atomic E-state index is 5.63. The molecule has 1 saturated carbocycles. The Morgan fingerprint density at radius 3 is 1.92 bits per heavy atom. The monoisotopic (exact) mass is 352 g/mol. The highest BCUT2D eigenvalue weighted by Crippen LogP contribution is 2.45. The average molecular weight is 353 g/mol. The minimum Gasteiger partial charge on any atom is -0.381 e. The van der Waals surface area contributed by atoms with E-state index in [2.05, 4.69) is 20.8 Å². The van der Waals surface area contributed by atoms with Gasteiger partial charge in [0.2, 0.25) is 0 Å². The van der Waals surface area contributed by atoms with Crippen LogP contribution < -0.4 is 0 Å². The molecule has 0 aromatic carbocycles. The van der Waals surface area contributed by atoms with E-state index in [4.69, 9.17) is 4.74 Å². The van der Waals surface area contributed by atoms with Crippen LogP contribution in [-0.4, -0.2) is 13.2 Å². The molecular weight excluding hydrogens is 304 g/mol. The summed E-state index contributed by atoms with van der Waals surface area (Å²) in [7, 11) is 0. The lowest BCUT2D eigenvalue weighted by molar-refractivity contribution is 0.127. The first kappa shape index (κ1) is 23.0. The Labute approximate surface area is 159 Å². The SMILES string of the molecule is CCCCOCCCCCCC1CC1CCCCCC(C)CCCC. The topological polar surface area (TPSA) is 9.23 Å². The van der Waals surface area contributed by atoms with E-state index in [1.807, 2.05) is 0 Å². The van der Waals surface area contributed by atoms with Gasteiger partial charge in [0, 0.05) is 13.2 Å². The van der Waals surface area contributed by atoms with Gasteiger partial charge in [-0.3, -0.25) is 0 Å². The summed E-state index contributed by atoms with van der Waals surface area (Å²) in [6.45, 7) is 8.94. The molecule has 1 aliphatic rings. The minimum atomic E-state index is 0.964. The lowest BCUT2D eigenvalue weighted by Gasteiger charge is -2.10. The van der Waals surface area contributed by atoms with Crippen molar-refractivity contribution in [3.05, 3.63) is 0 Å². The Bertz CT molecular complexity index is 275. The van der Waals surface area contributed by atoms with Gasteiger partial charge in [0.05, 0.1) is 0 Å². The van der Waals surface area contributed by atoms with Crippen molar-refractivity contribution in [2.45, 2.75) is 124 Å². The van der Waals surface area contributed by atoms with Crippen LogP contribution in [0.4, 0.5) is 0 Å². The standard InChI is InChI=1S/C24H48O/c1-4-6-15-22(3)16-11-10-13-18-24-21-23(24)17-12-8-9-14-20-25-19-7-5-2/h22-24H,4-21H2,1-3H3. The highest BCUT2D eigenvalue weighted by molar-refractivity contribution is 4.85. The molecule has 1 rings (SSSR count). The van der Waals surface area contributed by atoms with Gasteiger partial charge in [-0.2, -0.15) is 0 Å². The molecule has 1 nitrogen and oxygen atoms in total. The van der Waals surface area contributed by atoms with Gasteiger partial charge in [-0.1, -0.05) is 104 Å². The fraction of sp³-hybridized carbons (Fsp3) is 1.00. The third-order valence-corrected chi connectivity index (χ3v) is 6.15. The summed E-state index contributed by atoms with van der Waals surface area (Å²) < 4.78 is 5.63. The molecule has 0 radical (unpaired) electrons. The van der Waals surface area contributed by atoms with Crippen molar-refractivity contribution in [2.24, 2.45) is 17.8 Å². The zero-order chi connectivity index (χ0) is 18.2. The fourth-order valence-electron chi connectivity index (χ4n) is 4.10. The number of ether oxygens (including phenoxy) is 1. The van der Waals surface area contributed by atoms with Crippen LogP contribution in [0.2, 0.25) is 0 Å². The molecular formula is C24H48O. The van der Waals surface area contributed by atoms with E-state index in [1.165, 1.54) is 96.3 Å². The molecule has 150 valence electrons. The largest absolute Gasteiger partial charge is 0.381 e. The van der Waals surface area contributed by atoms with Crippen LogP contribution in [0.25, 0.3) is 0 Å². The van der Waals surface area contributed by atoms with Crippen LogP contribution in [0.5, 0.6) is 0 Å². The van der Waals surface area contributed by atoms with Crippen molar-refractivity contribution in [1.82, 2.24) is 0 Å². The second-order valence-corrected chi connectivity index (χ2v) is 8.81. The molecule has 0 spiro atoms. The van der Waals surface area contributed by atoms with E-state index in [1.54, 1.807) is 6.42 Å². The molecule has 0 N–H and O–H groups in total. The van der Waals surface area contributed by atoms with Crippen LogP contribution in [0.1, 0.15) is 124 Å². The summed E-state index contributed by atoms with van der Waals surface area (Å²) in [5.41, 5.74) is 0. The lowest BCUT2D eigenvalue weighted by atomic mass is 9.97. The van der Waals surface area contributed by atoms with Gasteiger partial charge in [0.1, 0.15) is 0 Å². The van der Waals surface area contributed by atoms with Gasteiger partial charge in [-0.25, -0.2) is 0 Å². The molecule has 0 bridgehead atoms. The van der Waals surface area contributed by atoms with E-state index < -0.39 is 0 Å². The molecule has 1 aliphatic carbocycles. The third-order valence-electron chi connectivity index (χ3n) is 6.15. The van der Waals surface area contributed by atoms with Crippen molar-refractivity contribution in [2.75, 3.05) is 13.2 Å². The smallest absolute Gasteiger partial charge is 0.0466 e. The molecule has 0 saturated heterocycles. The first-order chi connectivity index (χ1) is 12.3. The number of rotatable bonds is 19. The molecule has 0 aromatic heterocycles. The maximum Gasteiger partial charge on any atom is 0.0466 e. The Hall–Kier alpha value is -0.0400. The van der Waals surface area contributed by atoms with Crippen LogP contribution in [-0.2, 0) is 4.74 Å². The Kier molecular flexibility index (Phi) is 14.9. The van der Waals surface area contributed by atoms with Crippen LogP contribution in [0, 0.1) is 17.8 Å². The summed E-state index contributed by atoms with van der Waals surface area (Å²) in [6.07, 6.45) is 22.8. The maximum atomic E-state index is 5.63. The highest BCUT2D eigenvalue weighted by Gasteiger charge is 2.34. The number of hydrogen-bond acceptors (Lipinski definition) is 1. The molecule has 3 unspecified atom stereocenters. The molecule has 1 fully saturated rings. The summed E-state index contributed by atoms with van der Waals surface area (Å²) in [5, 5.41) is 0. The first-order valence-electron chi connectivity index (χ1n) is 11.9. The van der Waals surface area contributed by atoms with Gasteiger partial charge in [0.15, 0.2) is 0 Å². The van der Waals surface area contributed by atoms with Gasteiger partial charge < -0.3 is 4.74 Å². The Balaban J connectivity index is 1.77. The van der Waals surface area contributed by atoms with Crippen LogP contribution in [0.3, 0.4) is 0 Å². The minimum absolute atomic E-state index is 0.964. The summed E-state index contributed by atoms with van der Waals surface area (Å²) in [6, 6.07) is 0.